The minimum absolute atomic E-state index is 0.00125. The Balaban J connectivity index is 2.08. The molecule has 2 nitrogen and oxygen atoms in total. The van der Waals surface area contributed by atoms with Crippen molar-refractivity contribution in [3.8, 4) is 0 Å². The van der Waals surface area contributed by atoms with Crippen LogP contribution in [0.1, 0.15) is 18.9 Å². The molecule has 2 rings (SSSR count). The number of hydrogen-bond acceptors (Lipinski definition) is 2. The fraction of sp³-hybridized carbons (Fsp3) is 0.462. The van der Waals surface area contributed by atoms with Crippen molar-refractivity contribution in [2.45, 2.75) is 25.9 Å². The van der Waals surface area contributed by atoms with E-state index in [1.807, 2.05) is 6.92 Å². The quantitative estimate of drug-likeness (QED) is 0.831. The first-order valence-electron chi connectivity index (χ1n) is 5.65. The molecule has 1 heterocycles. The maximum Gasteiger partial charge on any atom is 0.142 e. The van der Waals surface area contributed by atoms with E-state index in [1.165, 1.54) is 12.1 Å². The molecule has 1 fully saturated rings. The number of ketones is 1. The van der Waals surface area contributed by atoms with E-state index in [1.54, 1.807) is 6.07 Å². The maximum atomic E-state index is 13.5. The molecule has 0 radical (unpaired) electrons. The lowest BCUT2D eigenvalue weighted by Gasteiger charge is -2.08. The molecule has 2 unspecified atom stereocenters. The standard InChI is InChI=1S/C13H14ClFO2/c1-8-5-9(7-17-8)13(16)6-10-11(14)3-2-4-12(10)15/h2-4,8-9H,5-7H2,1H3. The van der Waals surface area contributed by atoms with Gasteiger partial charge in [0.1, 0.15) is 11.6 Å². The van der Waals surface area contributed by atoms with Crippen molar-refractivity contribution < 1.29 is 13.9 Å². The summed E-state index contributed by atoms with van der Waals surface area (Å²) in [5.41, 5.74) is 0.290. The average molecular weight is 257 g/mol. The van der Waals surface area contributed by atoms with Crippen LogP contribution in [-0.2, 0) is 16.0 Å². The summed E-state index contributed by atoms with van der Waals surface area (Å²) >= 11 is 5.89. The van der Waals surface area contributed by atoms with Crippen molar-refractivity contribution >= 4 is 17.4 Å². The van der Waals surface area contributed by atoms with Crippen LogP contribution in [0, 0.1) is 11.7 Å². The molecule has 17 heavy (non-hydrogen) atoms. The molecule has 0 amide bonds. The van der Waals surface area contributed by atoms with Crippen molar-refractivity contribution in [1.82, 2.24) is 0 Å². The molecule has 92 valence electrons. The summed E-state index contributed by atoms with van der Waals surface area (Å²) in [5, 5.41) is 0.310. The van der Waals surface area contributed by atoms with E-state index in [2.05, 4.69) is 0 Å². The fourth-order valence-corrected chi connectivity index (χ4v) is 2.29. The number of rotatable bonds is 3. The summed E-state index contributed by atoms with van der Waals surface area (Å²) < 4.78 is 18.8. The minimum Gasteiger partial charge on any atom is -0.378 e. The molecule has 1 aromatic carbocycles. The van der Waals surface area contributed by atoms with Gasteiger partial charge in [0.15, 0.2) is 0 Å². The molecule has 0 aliphatic carbocycles. The third kappa shape index (κ3) is 2.85. The highest BCUT2D eigenvalue weighted by molar-refractivity contribution is 6.31. The van der Waals surface area contributed by atoms with Crippen LogP contribution in [0.2, 0.25) is 5.02 Å². The molecule has 0 aromatic heterocycles. The average Bonchev–Trinajstić information content (AvgIpc) is 2.70. The van der Waals surface area contributed by atoms with Gasteiger partial charge < -0.3 is 4.74 Å². The van der Waals surface area contributed by atoms with Gasteiger partial charge in [0.2, 0.25) is 0 Å². The number of carbonyl (C=O) groups excluding carboxylic acids is 1. The Morgan fingerprint density at radius 1 is 1.59 bits per heavy atom. The minimum atomic E-state index is -0.419. The van der Waals surface area contributed by atoms with Gasteiger partial charge in [-0.25, -0.2) is 4.39 Å². The number of halogens is 2. The zero-order valence-corrected chi connectivity index (χ0v) is 10.3. The van der Waals surface area contributed by atoms with Crippen LogP contribution in [0.15, 0.2) is 18.2 Å². The predicted molar refractivity (Wildman–Crippen MR) is 63.6 cm³/mol. The summed E-state index contributed by atoms with van der Waals surface area (Å²) in [6, 6.07) is 4.45. The molecule has 1 aliphatic heterocycles. The third-order valence-electron chi connectivity index (χ3n) is 3.07. The lowest BCUT2D eigenvalue weighted by molar-refractivity contribution is -0.122. The van der Waals surface area contributed by atoms with Gasteiger partial charge in [0, 0.05) is 22.9 Å². The Labute approximate surface area is 105 Å². The molecule has 0 spiro atoms. The highest BCUT2D eigenvalue weighted by atomic mass is 35.5. The lowest BCUT2D eigenvalue weighted by atomic mass is 9.95. The van der Waals surface area contributed by atoms with Crippen molar-refractivity contribution in [2.24, 2.45) is 5.92 Å². The lowest BCUT2D eigenvalue weighted by Crippen LogP contribution is -2.17. The molecule has 1 aromatic rings. The smallest absolute Gasteiger partial charge is 0.142 e. The van der Waals surface area contributed by atoms with Crippen molar-refractivity contribution in [2.75, 3.05) is 6.61 Å². The largest absolute Gasteiger partial charge is 0.378 e. The Hall–Kier alpha value is -0.930. The molecular weight excluding hydrogens is 243 g/mol. The van der Waals surface area contributed by atoms with E-state index in [0.717, 1.165) is 0 Å². The van der Waals surface area contributed by atoms with Gasteiger partial charge >= 0.3 is 0 Å². The first kappa shape index (κ1) is 12.5. The Morgan fingerprint density at radius 3 is 2.94 bits per heavy atom. The zero-order chi connectivity index (χ0) is 12.4. The van der Waals surface area contributed by atoms with E-state index in [0.29, 0.717) is 23.6 Å². The first-order valence-corrected chi connectivity index (χ1v) is 6.03. The Bertz CT molecular complexity index is 413. The zero-order valence-electron chi connectivity index (χ0n) is 9.58. The molecule has 1 saturated heterocycles. The molecule has 4 heteroatoms. The van der Waals surface area contributed by atoms with Gasteiger partial charge in [-0.05, 0) is 25.5 Å². The Kier molecular flexibility index (Phi) is 3.79. The second kappa shape index (κ2) is 5.15. The van der Waals surface area contributed by atoms with Gasteiger partial charge in [-0.2, -0.15) is 0 Å². The second-order valence-corrected chi connectivity index (χ2v) is 4.83. The van der Waals surface area contributed by atoms with Gasteiger partial charge in [0.25, 0.3) is 0 Å². The molecule has 0 N–H and O–H groups in total. The molecule has 0 saturated carbocycles. The molecule has 2 atom stereocenters. The van der Waals surface area contributed by atoms with Crippen molar-refractivity contribution in [3.05, 3.63) is 34.6 Å². The topological polar surface area (TPSA) is 26.3 Å². The van der Waals surface area contributed by atoms with Crippen LogP contribution in [0.4, 0.5) is 4.39 Å². The SMILES string of the molecule is CC1CC(C(=O)Cc2c(F)cccc2Cl)CO1. The monoisotopic (exact) mass is 256 g/mol. The van der Waals surface area contributed by atoms with Gasteiger partial charge in [-0.15, -0.1) is 0 Å². The molecule has 0 bridgehead atoms. The van der Waals surface area contributed by atoms with Gasteiger partial charge in [0.05, 0.1) is 12.7 Å². The van der Waals surface area contributed by atoms with E-state index in [4.69, 9.17) is 16.3 Å². The number of carbonyl (C=O) groups is 1. The summed E-state index contributed by atoms with van der Waals surface area (Å²) in [4.78, 5) is 12.0. The normalized spacial score (nSPS) is 23.9. The molecular formula is C13H14ClFO2. The highest BCUT2D eigenvalue weighted by Crippen LogP contribution is 2.25. The number of Topliss-reactive ketones (excluding diaryl/α,β-unsaturated/α-hetero) is 1. The van der Waals surface area contributed by atoms with E-state index < -0.39 is 5.82 Å². The summed E-state index contributed by atoms with van der Waals surface area (Å²) in [6.07, 6.45) is 0.872. The number of ether oxygens (including phenoxy) is 1. The van der Waals surface area contributed by atoms with Crippen LogP contribution >= 0.6 is 11.6 Å². The van der Waals surface area contributed by atoms with Crippen LogP contribution in [0.3, 0.4) is 0 Å². The first-order chi connectivity index (χ1) is 8.08. The number of hydrogen-bond donors (Lipinski definition) is 0. The van der Waals surface area contributed by atoms with Gasteiger partial charge in [-0.1, -0.05) is 17.7 Å². The molecule has 1 aliphatic rings. The van der Waals surface area contributed by atoms with E-state index in [-0.39, 0.29) is 24.2 Å². The third-order valence-corrected chi connectivity index (χ3v) is 3.42. The maximum absolute atomic E-state index is 13.5. The highest BCUT2D eigenvalue weighted by Gasteiger charge is 2.28. The van der Waals surface area contributed by atoms with Crippen molar-refractivity contribution in [3.63, 3.8) is 0 Å². The summed E-state index contributed by atoms with van der Waals surface area (Å²) in [7, 11) is 0. The summed E-state index contributed by atoms with van der Waals surface area (Å²) in [5.74, 6) is -0.542. The van der Waals surface area contributed by atoms with Crippen LogP contribution in [-0.4, -0.2) is 18.5 Å². The summed E-state index contributed by atoms with van der Waals surface area (Å²) in [6.45, 7) is 2.37. The van der Waals surface area contributed by atoms with E-state index >= 15 is 0 Å². The Morgan fingerprint density at radius 2 is 2.35 bits per heavy atom. The van der Waals surface area contributed by atoms with Crippen molar-refractivity contribution in [1.29, 1.82) is 0 Å². The second-order valence-electron chi connectivity index (χ2n) is 4.42. The van der Waals surface area contributed by atoms with Crippen LogP contribution in [0.5, 0.6) is 0 Å². The fourth-order valence-electron chi connectivity index (χ4n) is 2.06. The van der Waals surface area contributed by atoms with E-state index in [9.17, 15) is 9.18 Å². The van der Waals surface area contributed by atoms with Crippen LogP contribution in [0.25, 0.3) is 0 Å². The van der Waals surface area contributed by atoms with Gasteiger partial charge in [-0.3, -0.25) is 4.79 Å². The number of benzene rings is 1. The predicted octanol–water partition coefficient (Wildman–Crippen LogP) is 3.02. The van der Waals surface area contributed by atoms with Crippen LogP contribution < -0.4 is 0 Å².